The quantitative estimate of drug-likeness (QED) is 0.513. The number of anilines is 2. The Balaban J connectivity index is 1.47. The van der Waals surface area contributed by atoms with Gasteiger partial charge in [0.2, 0.25) is 5.91 Å². The van der Waals surface area contributed by atoms with Crippen LogP contribution in [0.15, 0.2) is 47.2 Å². The van der Waals surface area contributed by atoms with E-state index in [9.17, 15) is 4.79 Å². The van der Waals surface area contributed by atoms with Gasteiger partial charge in [0, 0.05) is 34.5 Å². The highest BCUT2D eigenvalue weighted by molar-refractivity contribution is 9.10. The van der Waals surface area contributed by atoms with Crippen LogP contribution in [0.25, 0.3) is 10.9 Å². The molecule has 0 unspecified atom stereocenters. The van der Waals surface area contributed by atoms with Crippen molar-refractivity contribution in [1.29, 1.82) is 0 Å². The van der Waals surface area contributed by atoms with Crippen molar-refractivity contribution >= 4 is 44.2 Å². The van der Waals surface area contributed by atoms with Crippen molar-refractivity contribution in [1.82, 2.24) is 9.55 Å². The first-order valence-electron chi connectivity index (χ1n) is 10.4. The third-order valence-electron chi connectivity index (χ3n) is 5.80. The second-order valence-electron chi connectivity index (χ2n) is 7.99. The maximum Gasteiger partial charge on any atom is 0.224 e. The van der Waals surface area contributed by atoms with E-state index in [1.807, 2.05) is 0 Å². The first-order valence-corrected chi connectivity index (χ1v) is 11.2. The number of aromatic nitrogens is 2. The van der Waals surface area contributed by atoms with Crippen LogP contribution >= 0.6 is 15.9 Å². The average molecular weight is 455 g/mol. The lowest BCUT2D eigenvalue weighted by molar-refractivity contribution is -0.116. The molecule has 1 aliphatic rings. The summed E-state index contributed by atoms with van der Waals surface area (Å²) in [7, 11) is 0. The Morgan fingerprint density at radius 1 is 1.21 bits per heavy atom. The Kier molecular flexibility index (Phi) is 6.19. The third-order valence-corrected chi connectivity index (χ3v) is 6.29. The smallest absolute Gasteiger partial charge is 0.224 e. The SMILES string of the molecule is Nc1ccc(NC(=O)CCc2cn(CC3CCCCC3)c3ccc(Br)cc23)cn1. The highest BCUT2D eigenvalue weighted by atomic mass is 79.9. The van der Waals surface area contributed by atoms with E-state index in [2.05, 4.69) is 55.2 Å². The van der Waals surface area contributed by atoms with E-state index in [0.717, 1.165) is 16.9 Å². The summed E-state index contributed by atoms with van der Waals surface area (Å²) in [6.45, 7) is 1.07. The number of amides is 1. The number of carbonyl (C=O) groups excluding carboxylic acids is 1. The molecule has 3 aromatic rings. The van der Waals surface area contributed by atoms with Crippen molar-refractivity contribution in [3.8, 4) is 0 Å². The van der Waals surface area contributed by atoms with Crippen LogP contribution in [0.5, 0.6) is 0 Å². The van der Waals surface area contributed by atoms with Crippen molar-refractivity contribution < 1.29 is 4.79 Å². The van der Waals surface area contributed by atoms with E-state index in [4.69, 9.17) is 5.73 Å². The van der Waals surface area contributed by atoms with Gasteiger partial charge in [-0.25, -0.2) is 4.98 Å². The van der Waals surface area contributed by atoms with Crippen LogP contribution in [0.2, 0.25) is 0 Å². The summed E-state index contributed by atoms with van der Waals surface area (Å²) >= 11 is 3.60. The number of nitrogen functional groups attached to an aromatic ring is 1. The molecule has 0 spiro atoms. The normalized spacial score (nSPS) is 14.9. The van der Waals surface area contributed by atoms with Crippen molar-refractivity contribution in [3.05, 3.63) is 52.8 Å². The number of nitrogens with zero attached hydrogens (tertiary/aromatic N) is 2. The summed E-state index contributed by atoms with van der Waals surface area (Å²) in [6.07, 6.45) is 11.7. The minimum Gasteiger partial charge on any atom is -0.384 e. The van der Waals surface area contributed by atoms with Crippen LogP contribution in [-0.4, -0.2) is 15.5 Å². The Morgan fingerprint density at radius 2 is 2.03 bits per heavy atom. The standard InChI is InChI=1S/C23H27BrN4O/c24-18-7-9-21-20(12-18)17(15-28(21)14-16-4-2-1-3-5-16)6-11-23(29)27-19-8-10-22(25)26-13-19/h7-10,12-13,15-16H,1-6,11,14H2,(H2,25,26)(H,27,29). The van der Waals surface area contributed by atoms with Gasteiger partial charge >= 0.3 is 0 Å². The van der Waals surface area contributed by atoms with Crippen molar-refractivity contribution in [3.63, 3.8) is 0 Å². The Labute approximate surface area is 179 Å². The summed E-state index contributed by atoms with van der Waals surface area (Å²) in [5.74, 6) is 1.19. The van der Waals surface area contributed by atoms with Gasteiger partial charge in [-0.15, -0.1) is 0 Å². The topological polar surface area (TPSA) is 72.9 Å². The number of benzene rings is 1. The number of halogens is 1. The second-order valence-corrected chi connectivity index (χ2v) is 8.91. The van der Waals surface area contributed by atoms with Crippen LogP contribution in [0.4, 0.5) is 11.5 Å². The summed E-state index contributed by atoms with van der Waals surface area (Å²) in [5.41, 5.74) is 8.76. The number of pyridine rings is 1. The first-order chi connectivity index (χ1) is 14.1. The van der Waals surface area contributed by atoms with Crippen LogP contribution in [0.3, 0.4) is 0 Å². The predicted octanol–water partition coefficient (Wildman–Crippen LogP) is 5.53. The largest absolute Gasteiger partial charge is 0.384 e. The maximum absolute atomic E-state index is 12.4. The maximum atomic E-state index is 12.4. The number of nitrogens with two attached hydrogens (primary N) is 1. The summed E-state index contributed by atoms with van der Waals surface area (Å²) in [6, 6.07) is 9.92. The van der Waals surface area contributed by atoms with Crippen molar-refractivity contribution in [2.45, 2.75) is 51.5 Å². The molecule has 3 N–H and O–H groups in total. The molecule has 29 heavy (non-hydrogen) atoms. The molecule has 0 atom stereocenters. The zero-order valence-electron chi connectivity index (χ0n) is 16.5. The van der Waals surface area contributed by atoms with Gasteiger partial charge in [-0.1, -0.05) is 35.2 Å². The fraction of sp³-hybridized carbons (Fsp3) is 0.391. The van der Waals surface area contributed by atoms with Gasteiger partial charge in [-0.3, -0.25) is 4.79 Å². The monoisotopic (exact) mass is 454 g/mol. The Hall–Kier alpha value is -2.34. The Bertz CT molecular complexity index is 990. The first kappa shape index (κ1) is 20.0. The fourth-order valence-electron chi connectivity index (χ4n) is 4.29. The van der Waals surface area contributed by atoms with Gasteiger partial charge in [-0.2, -0.15) is 0 Å². The van der Waals surface area contributed by atoms with Gasteiger partial charge in [0.25, 0.3) is 0 Å². The van der Waals surface area contributed by atoms with E-state index in [1.54, 1.807) is 18.3 Å². The summed E-state index contributed by atoms with van der Waals surface area (Å²) in [5, 5.41) is 4.13. The molecule has 1 fully saturated rings. The van der Waals surface area contributed by atoms with Crippen LogP contribution in [0.1, 0.15) is 44.1 Å². The molecule has 2 heterocycles. The lowest BCUT2D eigenvalue weighted by atomic mass is 9.89. The van der Waals surface area contributed by atoms with Crippen LogP contribution in [-0.2, 0) is 17.8 Å². The lowest BCUT2D eigenvalue weighted by Gasteiger charge is -2.22. The number of fused-ring (bicyclic) bond motifs is 1. The number of hydrogen-bond acceptors (Lipinski definition) is 3. The molecule has 2 aromatic heterocycles. The van der Waals surface area contributed by atoms with E-state index < -0.39 is 0 Å². The predicted molar refractivity (Wildman–Crippen MR) is 122 cm³/mol. The van der Waals surface area contributed by atoms with E-state index in [-0.39, 0.29) is 5.91 Å². The third kappa shape index (κ3) is 4.99. The average Bonchev–Trinajstić information content (AvgIpc) is 3.05. The zero-order chi connectivity index (χ0) is 20.2. The number of carbonyl (C=O) groups is 1. The number of nitrogens with one attached hydrogen (secondary N) is 1. The second kappa shape index (κ2) is 8.99. The fourth-order valence-corrected chi connectivity index (χ4v) is 4.65. The Morgan fingerprint density at radius 3 is 2.79 bits per heavy atom. The zero-order valence-corrected chi connectivity index (χ0v) is 18.1. The molecule has 0 aliphatic heterocycles. The van der Waals surface area contributed by atoms with Gasteiger partial charge in [0.1, 0.15) is 5.82 Å². The van der Waals surface area contributed by atoms with Crippen molar-refractivity contribution in [2.24, 2.45) is 5.92 Å². The molecular formula is C23H27BrN4O. The van der Waals surface area contributed by atoms with E-state index >= 15 is 0 Å². The number of aryl methyl sites for hydroxylation is 1. The number of hydrogen-bond donors (Lipinski definition) is 2. The molecule has 0 radical (unpaired) electrons. The molecule has 0 bridgehead atoms. The molecule has 4 rings (SSSR count). The molecule has 1 aromatic carbocycles. The van der Waals surface area contributed by atoms with E-state index in [1.165, 1.54) is 48.6 Å². The highest BCUT2D eigenvalue weighted by Gasteiger charge is 2.17. The summed E-state index contributed by atoms with van der Waals surface area (Å²) < 4.78 is 3.47. The van der Waals surface area contributed by atoms with Gasteiger partial charge < -0.3 is 15.6 Å². The lowest BCUT2D eigenvalue weighted by Crippen LogP contribution is -2.13. The molecule has 1 aliphatic carbocycles. The van der Waals surface area contributed by atoms with Crippen LogP contribution in [0, 0.1) is 5.92 Å². The number of rotatable bonds is 6. The summed E-state index contributed by atoms with van der Waals surface area (Å²) in [4.78, 5) is 16.4. The molecule has 5 nitrogen and oxygen atoms in total. The van der Waals surface area contributed by atoms with Gasteiger partial charge in [0.05, 0.1) is 11.9 Å². The molecule has 152 valence electrons. The molecule has 1 amide bonds. The molecular weight excluding hydrogens is 428 g/mol. The molecule has 0 saturated heterocycles. The van der Waals surface area contributed by atoms with Crippen molar-refractivity contribution in [2.75, 3.05) is 11.1 Å². The van der Waals surface area contributed by atoms with Crippen LogP contribution < -0.4 is 11.1 Å². The minimum atomic E-state index is -0.0141. The van der Waals surface area contributed by atoms with Gasteiger partial charge in [0.15, 0.2) is 0 Å². The molecule has 1 saturated carbocycles. The van der Waals surface area contributed by atoms with E-state index in [0.29, 0.717) is 24.3 Å². The molecule has 6 heteroatoms. The van der Waals surface area contributed by atoms with Gasteiger partial charge in [-0.05, 0) is 61.1 Å². The minimum absolute atomic E-state index is 0.0141. The highest BCUT2D eigenvalue weighted by Crippen LogP contribution is 2.30.